The minimum absolute atomic E-state index is 1.58. The third-order valence-corrected chi connectivity index (χ3v) is 1.20. The van der Waals surface area contributed by atoms with E-state index in [-0.39, 0.29) is 0 Å². The van der Waals surface area contributed by atoms with Crippen molar-refractivity contribution < 1.29 is 18.4 Å². The molecule has 0 heterocycles. The van der Waals surface area contributed by atoms with Gasteiger partial charge in [0.1, 0.15) is 0 Å². The maximum atomic E-state index is 10.5. The molecule has 0 aromatic carbocycles. The highest BCUT2D eigenvalue weighted by atomic mass is 31.2. The van der Waals surface area contributed by atoms with Crippen LogP contribution >= 0.6 is 7.82 Å². The summed E-state index contributed by atoms with van der Waals surface area (Å²) >= 11 is 0. The minimum atomic E-state index is -4.66. The first-order chi connectivity index (χ1) is 5.18. The predicted molar refractivity (Wildman–Crippen MR) is 28.2 cm³/mol. The number of rotatable bonds is 6. The molecule has 0 aromatic heterocycles. The van der Waals surface area contributed by atoms with Crippen LogP contribution in [0.4, 0.5) is 0 Å². The highest BCUT2D eigenvalue weighted by molar-refractivity contribution is 7.48. The highest BCUT2D eigenvalue weighted by Gasteiger charge is 2.36. The zero-order chi connectivity index (χ0) is 8.74. The predicted octanol–water partition coefficient (Wildman–Crippen LogP) is 1.19. The summed E-state index contributed by atoms with van der Waals surface area (Å²) in [5.41, 5.74) is 0. The van der Waals surface area contributed by atoms with Crippen molar-refractivity contribution in [2.75, 3.05) is 0 Å². The van der Waals surface area contributed by atoms with Crippen LogP contribution in [0.3, 0.4) is 0 Å². The van der Waals surface area contributed by atoms with Gasteiger partial charge in [0.2, 0.25) is 0 Å². The third-order valence-electron chi connectivity index (χ3n) is 0.400. The third kappa shape index (κ3) is 3.20. The molecular formula is N3O7P. The summed E-state index contributed by atoms with van der Waals surface area (Å²) in [6, 6.07) is 0. The van der Waals surface area contributed by atoms with E-state index in [2.05, 4.69) is 13.9 Å². The van der Waals surface area contributed by atoms with Crippen LogP contribution in [-0.2, 0) is 18.4 Å². The molecule has 0 bridgehead atoms. The summed E-state index contributed by atoms with van der Waals surface area (Å²) in [6.07, 6.45) is 0. The summed E-state index contributed by atoms with van der Waals surface area (Å²) in [5.74, 6) is 0. The number of hydrogen-bond donors (Lipinski definition) is 0. The molecule has 0 atom stereocenters. The second-order valence-electron chi connectivity index (χ2n) is 0.916. The molecule has 0 saturated heterocycles. The van der Waals surface area contributed by atoms with Crippen LogP contribution in [-0.4, -0.2) is 0 Å². The Labute approximate surface area is 58.2 Å². The molecular weight excluding hydrogens is 185 g/mol. The fourth-order valence-electron chi connectivity index (χ4n) is 0.167. The van der Waals surface area contributed by atoms with Gasteiger partial charge < -0.3 is 0 Å². The van der Waals surface area contributed by atoms with Crippen molar-refractivity contribution in [3.05, 3.63) is 14.7 Å². The quantitative estimate of drug-likeness (QED) is 0.344. The van der Waals surface area contributed by atoms with Gasteiger partial charge in [0.25, 0.3) is 0 Å². The molecule has 0 aliphatic carbocycles. The fraction of sp³-hybridized carbons (Fsp3) is 0. The van der Waals surface area contributed by atoms with Crippen molar-refractivity contribution in [2.24, 2.45) is 16.0 Å². The van der Waals surface area contributed by atoms with E-state index in [9.17, 15) is 19.3 Å². The molecule has 11 heavy (non-hydrogen) atoms. The largest absolute Gasteiger partial charge is 0.717 e. The van der Waals surface area contributed by atoms with Crippen LogP contribution in [0.5, 0.6) is 0 Å². The molecule has 0 fully saturated rings. The van der Waals surface area contributed by atoms with Gasteiger partial charge in [-0.2, -0.15) is 4.57 Å². The monoisotopic (exact) mass is 185 g/mol. The Morgan fingerprint density at radius 1 is 0.818 bits per heavy atom. The highest BCUT2D eigenvalue weighted by Crippen LogP contribution is 2.50. The van der Waals surface area contributed by atoms with Crippen LogP contribution in [0, 0.1) is 14.7 Å². The standard InChI is InChI=1S/N3O7P/c4-1-8-11(7,9-2-5)10-3-6. The second-order valence-corrected chi connectivity index (χ2v) is 2.30. The Morgan fingerprint density at radius 2 is 1.09 bits per heavy atom. The van der Waals surface area contributed by atoms with Crippen LogP contribution in [0.1, 0.15) is 0 Å². The lowest BCUT2D eigenvalue weighted by atomic mass is 13.4. The van der Waals surface area contributed by atoms with E-state index in [1.54, 1.807) is 16.0 Å². The first-order valence-electron chi connectivity index (χ1n) is 1.83. The van der Waals surface area contributed by atoms with Gasteiger partial charge in [-0.1, -0.05) is 0 Å². The first-order valence-corrected chi connectivity index (χ1v) is 3.29. The topological polar surface area (TPSA) is 133 Å². The van der Waals surface area contributed by atoms with Gasteiger partial charge in [0, 0.05) is 0 Å². The minimum Gasteiger partial charge on any atom is -0.236 e. The Balaban J connectivity index is 4.22. The lowest BCUT2D eigenvalue weighted by molar-refractivity contribution is 0.117. The zero-order valence-electron chi connectivity index (χ0n) is 4.65. The summed E-state index contributed by atoms with van der Waals surface area (Å²) in [7, 11) is -4.66. The second kappa shape index (κ2) is 4.28. The van der Waals surface area contributed by atoms with Crippen molar-refractivity contribution in [1.82, 2.24) is 0 Å². The Bertz CT molecular complexity index is 165. The van der Waals surface area contributed by atoms with E-state index in [1.807, 2.05) is 0 Å². The van der Waals surface area contributed by atoms with Gasteiger partial charge in [-0.15, -0.1) is 14.7 Å². The molecule has 62 valence electrons. The maximum Gasteiger partial charge on any atom is 0.717 e. The average molecular weight is 185 g/mol. The molecule has 11 heteroatoms. The van der Waals surface area contributed by atoms with Crippen molar-refractivity contribution in [2.45, 2.75) is 0 Å². The van der Waals surface area contributed by atoms with E-state index < -0.39 is 7.82 Å². The van der Waals surface area contributed by atoms with Crippen molar-refractivity contribution >= 4 is 7.82 Å². The molecule has 0 unspecified atom stereocenters. The molecule has 0 rings (SSSR count). The summed E-state index contributed by atoms with van der Waals surface area (Å²) in [4.78, 5) is 27.8. The number of nitrogens with zero attached hydrogens (tertiary/aromatic N) is 3. The maximum absolute atomic E-state index is 10.5. The first kappa shape index (κ1) is 9.43. The smallest absolute Gasteiger partial charge is 0.236 e. The van der Waals surface area contributed by atoms with Gasteiger partial charge >= 0.3 is 7.82 Å². The molecule has 0 N–H and O–H groups in total. The molecule has 0 aliphatic rings. The molecule has 0 saturated carbocycles. The lowest BCUT2D eigenvalue weighted by Gasteiger charge is -1.99. The Kier molecular flexibility index (Phi) is 3.67. The molecule has 0 amide bonds. The van der Waals surface area contributed by atoms with E-state index in [0.29, 0.717) is 0 Å². The number of hydrogen-bond acceptors (Lipinski definition) is 10. The molecule has 0 aliphatic heterocycles. The van der Waals surface area contributed by atoms with Crippen LogP contribution in [0.2, 0.25) is 0 Å². The van der Waals surface area contributed by atoms with Gasteiger partial charge in [0.05, 0.1) is 0 Å². The van der Waals surface area contributed by atoms with Gasteiger partial charge in [-0.25, -0.2) is 13.9 Å². The van der Waals surface area contributed by atoms with Gasteiger partial charge in [0.15, 0.2) is 16.0 Å². The zero-order valence-corrected chi connectivity index (χ0v) is 5.54. The summed E-state index contributed by atoms with van der Waals surface area (Å²) in [6.45, 7) is 0. The van der Waals surface area contributed by atoms with E-state index in [0.717, 1.165) is 0 Å². The fourth-order valence-corrected chi connectivity index (χ4v) is 0.502. The van der Waals surface area contributed by atoms with Gasteiger partial charge in [-0.3, -0.25) is 0 Å². The number of phosphoric acid groups is 1. The van der Waals surface area contributed by atoms with Crippen molar-refractivity contribution in [3.63, 3.8) is 0 Å². The van der Waals surface area contributed by atoms with Crippen molar-refractivity contribution in [3.8, 4) is 0 Å². The van der Waals surface area contributed by atoms with Crippen molar-refractivity contribution in [1.29, 1.82) is 0 Å². The lowest BCUT2D eigenvalue weighted by Crippen LogP contribution is -1.86. The average Bonchev–Trinajstić information content (AvgIpc) is 1.88. The van der Waals surface area contributed by atoms with Crippen LogP contribution in [0.25, 0.3) is 0 Å². The Morgan fingerprint density at radius 3 is 1.27 bits per heavy atom. The summed E-state index contributed by atoms with van der Waals surface area (Å²) in [5, 5.41) is 4.75. The summed E-state index contributed by atoms with van der Waals surface area (Å²) < 4.78 is 20.4. The molecule has 0 radical (unpaired) electrons. The SMILES string of the molecule is O=NOP(=O)(ON=O)ON=O. The molecule has 0 aromatic rings. The van der Waals surface area contributed by atoms with E-state index in [4.69, 9.17) is 0 Å². The Hall–Kier alpha value is -1.57. The van der Waals surface area contributed by atoms with Crippen LogP contribution in [0.15, 0.2) is 16.0 Å². The van der Waals surface area contributed by atoms with E-state index >= 15 is 0 Å². The van der Waals surface area contributed by atoms with E-state index in [1.165, 1.54) is 0 Å². The molecule has 10 nitrogen and oxygen atoms in total. The molecule has 0 spiro atoms. The van der Waals surface area contributed by atoms with Gasteiger partial charge in [-0.05, 0) is 0 Å². The normalized spacial score (nSPS) is 9.45. The van der Waals surface area contributed by atoms with Crippen LogP contribution < -0.4 is 0 Å².